The van der Waals surface area contributed by atoms with E-state index in [9.17, 15) is 13.2 Å². The Kier molecular flexibility index (Phi) is 4.58. The molecule has 0 bridgehead atoms. The summed E-state index contributed by atoms with van der Waals surface area (Å²) in [5.41, 5.74) is -0.752. The van der Waals surface area contributed by atoms with Gasteiger partial charge in [-0.1, -0.05) is 20.3 Å². The molecule has 0 aliphatic heterocycles. The molecule has 1 saturated carbocycles. The molecule has 21 heavy (non-hydrogen) atoms. The molecule has 1 aromatic rings. The van der Waals surface area contributed by atoms with Crippen molar-refractivity contribution in [1.29, 1.82) is 0 Å². The third kappa shape index (κ3) is 4.22. The van der Waals surface area contributed by atoms with Gasteiger partial charge < -0.3 is 10.6 Å². The number of hydrogen-bond acceptors (Lipinski definition) is 4. The van der Waals surface area contributed by atoms with Gasteiger partial charge in [0.2, 0.25) is 5.95 Å². The number of nitrogens with zero attached hydrogens (tertiary/aromatic N) is 2. The van der Waals surface area contributed by atoms with Crippen molar-refractivity contribution in [3.8, 4) is 0 Å². The molecular weight excluding hydrogens is 281 g/mol. The summed E-state index contributed by atoms with van der Waals surface area (Å²) in [5.74, 6) is 0.247. The summed E-state index contributed by atoms with van der Waals surface area (Å²) in [4.78, 5) is 7.65. The number of halogens is 3. The molecule has 1 heterocycles. The highest BCUT2D eigenvalue weighted by molar-refractivity contribution is 5.43. The zero-order chi connectivity index (χ0) is 15.5. The lowest BCUT2D eigenvalue weighted by Gasteiger charge is -2.38. The second-order valence-corrected chi connectivity index (χ2v) is 5.90. The van der Waals surface area contributed by atoms with E-state index >= 15 is 0 Å². The monoisotopic (exact) mass is 302 g/mol. The molecule has 0 amide bonds. The lowest BCUT2D eigenvalue weighted by atomic mass is 9.70. The van der Waals surface area contributed by atoms with Gasteiger partial charge in [0.25, 0.3) is 0 Å². The second kappa shape index (κ2) is 6.07. The van der Waals surface area contributed by atoms with Gasteiger partial charge in [0.1, 0.15) is 5.82 Å². The van der Waals surface area contributed by atoms with E-state index < -0.39 is 11.9 Å². The summed E-state index contributed by atoms with van der Waals surface area (Å²) in [6.07, 6.45) is -0.307. The first-order valence-electron chi connectivity index (χ1n) is 7.26. The van der Waals surface area contributed by atoms with Crippen molar-refractivity contribution in [1.82, 2.24) is 9.97 Å². The predicted molar refractivity (Wildman–Crippen MR) is 76.3 cm³/mol. The highest BCUT2D eigenvalue weighted by atomic mass is 19.4. The van der Waals surface area contributed by atoms with E-state index in [2.05, 4.69) is 27.5 Å². The van der Waals surface area contributed by atoms with Crippen LogP contribution >= 0.6 is 0 Å². The molecule has 2 N–H and O–H groups in total. The van der Waals surface area contributed by atoms with Gasteiger partial charge in [0, 0.05) is 19.2 Å². The van der Waals surface area contributed by atoms with E-state index in [4.69, 9.17) is 0 Å². The van der Waals surface area contributed by atoms with E-state index in [1.54, 1.807) is 0 Å². The lowest BCUT2D eigenvalue weighted by molar-refractivity contribution is -0.141. The number of nitrogens with one attached hydrogen (secondary N) is 2. The normalized spacial score (nSPS) is 17.2. The summed E-state index contributed by atoms with van der Waals surface area (Å²) >= 11 is 0. The first-order valence-corrected chi connectivity index (χ1v) is 7.26. The average molecular weight is 302 g/mol. The zero-order valence-corrected chi connectivity index (χ0v) is 12.3. The first kappa shape index (κ1) is 15.9. The van der Waals surface area contributed by atoms with Crippen LogP contribution in [0.15, 0.2) is 6.07 Å². The van der Waals surface area contributed by atoms with Gasteiger partial charge in [-0.15, -0.1) is 0 Å². The minimum atomic E-state index is -4.47. The molecule has 0 radical (unpaired) electrons. The van der Waals surface area contributed by atoms with Gasteiger partial charge in [-0.3, -0.25) is 0 Å². The molecule has 1 fully saturated rings. The Balaban J connectivity index is 2.14. The van der Waals surface area contributed by atoms with Crippen LogP contribution in [0.4, 0.5) is 24.9 Å². The molecule has 0 saturated heterocycles. The van der Waals surface area contributed by atoms with Crippen LogP contribution in [0.1, 0.15) is 45.2 Å². The minimum absolute atomic E-state index is 0.0212. The Hall–Kier alpha value is -1.53. The minimum Gasteiger partial charge on any atom is -0.369 e. The SMILES string of the molecule is CCCNc1nc(NCC2(C)CCC2)cc(C(F)(F)F)n1. The van der Waals surface area contributed by atoms with Crippen LogP contribution in [0.3, 0.4) is 0 Å². The van der Waals surface area contributed by atoms with Crippen molar-refractivity contribution in [3.05, 3.63) is 11.8 Å². The van der Waals surface area contributed by atoms with E-state index in [1.807, 2.05) is 6.92 Å². The van der Waals surface area contributed by atoms with E-state index in [-0.39, 0.29) is 17.2 Å². The molecule has 1 aliphatic rings. The molecule has 1 aromatic heterocycles. The van der Waals surface area contributed by atoms with Gasteiger partial charge >= 0.3 is 6.18 Å². The van der Waals surface area contributed by atoms with Gasteiger partial charge in [0.15, 0.2) is 5.69 Å². The molecule has 4 nitrogen and oxygen atoms in total. The highest BCUT2D eigenvalue weighted by Crippen LogP contribution is 2.40. The maximum atomic E-state index is 12.9. The van der Waals surface area contributed by atoms with Gasteiger partial charge in [0.05, 0.1) is 0 Å². The average Bonchev–Trinajstić information content (AvgIpc) is 2.39. The third-order valence-corrected chi connectivity index (χ3v) is 3.81. The Morgan fingerprint density at radius 2 is 1.95 bits per heavy atom. The van der Waals surface area contributed by atoms with Crippen molar-refractivity contribution in [2.75, 3.05) is 23.7 Å². The van der Waals surface area contributed by atoms with Gasteiger partial charge in [-0.25, -0.2) is 4.98 Å². The Morgan fingerprint density at radius 1 is 1.24 bits per heavy atom. The number of alkyl halides is 3. The van der Waals surface area contributed by atoms with Gasteiger partial charge in [-0.05, 0) is 24.7 Å². The molecule has 118 valence electrons. The van der Waals surface area contributed by atoms with Gasteiger partial charge in [-0.2, -0.15) is 18.2 Å². The summed E-state index contributed by atoms with van der Waals surface area (Å²) in [6, 6.07) is 0.971. The summed E-state index contributed by atoms with van der Waals surface area (Å²) < 4.78 is 38.6. The van der Waals surface area contributed by atoms with Crippen LogP contribution in [-0.4, -0.2) is 23.1 Å². The molecule has 0 aromatic carbocycles. The number of aromatic nitrogens is 2. The quantitative estimate of drug-likeness (QED) is 0.836. The molecule has 0 spiro atoms. The predicted octanol–water partition coefficient (Wildman–Crippen LogP) is 3.92. The van der Waals surface area contributed by atoms with Crippen LogP contribution in [-0.2, 0) is 6.18 Å². The summed E-state index contributed by atoms with van der Waals surface area (Å²) in [6.45, 7) is 5.23. The van der Waals surface area contributed by atoms with E-state index in [1.165, 1.54) is 6.42 Å². The van der Waals surface area contributed by atoms with Crippen molar-refractivity contribution in [2.24, 2.45) is 5.41 Å². The molecule has 0 unspecified atom stereocenters. The Morgan fingerprint density at radius 3 is 2.48 bits per heavy atom. The molecule has 7 heteroatoms. The maximum Gasteiger partial charge on any atom is 0.433 e. The zero-order valence-electron chi connectivity index (χ0n) is 12.3. The molecule has 1 aliphatic carbocycles. The lowest BCUT2D eigenvalue weighted by Crippen LogP contribution is -2.33. The molecule has 2 rings (SSSR count). The molecular formula is C14H21F3N4. The summed E-state index contributed by atoms with van der Waals surface area (Å²) in [7, 11) is 0. The Labute approximate surface area is 122 Å². The second-order valence-electron chi connectivity index (χ2n) is 5.90. The van der Waals surface area contributed by atoms with Crippen molar-refractivity contribution < 1.29 is 13.2 Å². The van der Waals surface area contributed by atoms with Crippen LogP contribution in [0.5, 0.6) is 0 Å². The number of hydrogen-bond donors (Lipinski definition) is 2. The highest BCUT2D eigenvalue weighted by Gasteiger charge is 2.35. The van der Waals surface area contributed by atoms with E-state index in [0.717, 1.165) is 25.3 Å². The van der Waals surface area contributed by atoms with Crippen molar-refractivity contribution >= 4 is 11.8 Å². The van der Waals surface area contributed by atoms with Crippen LogP contribution in [0, 0.1) is 5.41 Å². The molecule has 0 atom stereocenters. The number of rotatable bonds is 6. The Bertz CT molecular complexity index is 484. The fourth-order valence-electron chi connectivity index (χ4n) is 2.26. The summed E-state index contributed by atoms with van der Waals surface area (Å²) in [5, 5.41) is 5.84. The van der Waals surface area contributed by atoms with Crippen molar-refractivity contribution in [2.45, 2.75) is 45.7 Å². The van der Waals surface area contributed by atoms with Crippen LogP contribution < -0.4 is 10.6 Å². The fraction of sp³-hybridized carbons (Fsp3) is 0.714. The van der Waals surface area contributed by atoms with Crippen LogP contribution in [0.2, 0.25) is 0 Å². The third-order valence-electron chi connectivity index (χ3n) is 3.81. The van der Waals surface area contributed by atoms with E-state index in [0.29, 0.717) is 13.1 Å². The standard InChI is InChI=1S/C14H21F3N4/c1-3-7-18-12-20-10(14(15,16)17)8-11(21-12)19-9-13(2)5-4-6-13/h8H,3-7,9H2,1-2H3,(H2,18,19,20,21). The van der Waals surface area contributed by atoms with Crippen LogP contribution in [0.25, 0.3) is 0 Å². The first-order chi connectivity index (χ1) is 9.82. The topological polar surface area (TPSA) is 49.8 Å². The van der Waals surface area contributed by atoms with Crippen molar-refractivity contribution in [3.63, 3.8) is 0 Å². The smallest absolute Gasteiger partial charge is 0.369 e. The maximum absolute atomic E-state index is 12.9. The fourth-order valence-corrected chi connectivity index (χ4v) is 2.26. The number of anilines is 2. The largest absolute Gasteiger partial charge is 0.433 e.